The minimum absolute atomic E-state index is 0.0771. The quantitative estimate of drug-likeness (QED) is 0.908. The van der Waals surface area contributed by atoms with Crippen molar-refractivity contribution in [1.29, 1.82) is 0 Å². The molecule has 0 saturated carbocycles. The summed E-state index contributed by atoms with van der Waals surface area (Å²) in [7, 11) is 0. The number of carbonyl (C=O) groups is 1. The molecule has 2 aromatic rings. The number of pyridine rings is 1. The molecular formula is C14H14BrN3O. The van der Waals surface area contributed by atoms with Crippen molar-refractivity contribution in [1.82, 2.24) is 4.98 Å². The third-order valence-corrected chi connectivity index (χ3v) is 2.91. The zero-order chi connectivity index (χ0) is 13.7. The fourth-order valence-electron chi connectivity index (χ4n) is 1.61. The van der Waals surface area contributed by atoms with Crippen molar-refractivity contribution in [2.24, 2.45) is 0 Å². The lowest BCUT2D eigenvalue weighted by atomic mass is 10.2. The maximum atomic E-state index is 11.0. The largest absolute Gasteiger partial charge is 0.379 e. The van der Waals surface area contributed by atoms with Crippen LogP contribution in [-0.4, -0.2) is 10.9 Å². The van der Waals surface area contributed by atoms with Gasteiger partial charge in [-0.2, -0.15) is 0 Å². The van der Waals surface area contributed by atoms with E-state index in [1.54, 1.807) is 6.20 Å². The lowest BCUT2D eigenvalue weighted by molar-refractivity contribution is -0.114. The third kappa shape index (κ3) is 4.37. The van der Waals surface area contributed by atoms with Crippen LogP contribution in [0.4, 0.5) is 11.4 Å². The number of rotatable bonds is 4. The highest BCUT2D eigenvalue weighted by Crippen LogP contribution is 2.16. The molecule has 1 heterocycles. The average Bonchev–Trinajstić information content (AvgIpc) is 2.38. The highest BCUT2D eigenvalue weighted by Gasteiger charge is 1.99. The van der Waals surface area contributed by atoms with Crippen molar-refractivity contribution in [3.05, 3.63) is 52.8 Å². The van der Waals surface area contributed by atoms with Crippen LogP contribution < -0.4 is 10.6 Å². The van der Waals surface area contributed by atoms with Gasteiger partial charge in [0.05, 0.1) is 12.2 Å². The topological polar surface area (TPSA) is 54.0 Å². The van der Waals surface area contributed by atoms with Crippen molar-refractivity contribution in [2.45, 2.75) is 13.5 Å². The Kier molecular flexibility index (Phi) is 4.52. The molecule has 0 fully saturated rings. The summed E-state index contributed by atoms with van der Waals surface area (Å²) >= 11 is 3.35. The van der Waals surface area contributed by atoms with Gasteiger partial charge < -0.3 is 10.6 Å². The predicted molar refractivity (Wildman–Crippen MR) is 80.0 cm³/mol. The van der Waals surface area contributed by atoms with E-state index in [9.17, 15) is 4.79 Å². The minimum Gasteiger partial charge on any atom is -0.379 e. The van der Waals surface area contributed by atoms with E-state index in [0.29, 0.717) is 6.54 Å². The van der Waals surface area contributed by atoms with Gasteiger partial charge in [-0.05, 0) is 46.3 Å². The van der Waals surface area contributed by atoms with E-state index in [0.717, 1.165) is 21.5 Å². The second-order valence-electron chi connectivity index (χ2n) is 4.08. The summed E-state index contributed by atoms with van der Waals surface area (Å²) in [6.07, 6.45) is 1.77. The molecule has 0 spiro atoms. The Labute approximate surface area is 120 Å². The molecule has 0 atom stereocenters. The fourth-order valence-corrected chi connectivity index (χ4v) is 1.85. The third-order valence-electron chi connectivity index (χ3n) is 2.45. The van der Waals surface area contributed by atoms with E-state index in [1.807, 2.05) is 36.4 Å². The number of nitrogens with one attached hydrogen (secondary N) is 2. The van der Waals surface area contributed by atoms with E-state index in [-0.39, 0.29) is 5.91 Å². The van der Waals surface area contributed by atoms with Crippen molar-refractivity contribution in [2.75, 3.05) is 10.6 Å². The predicted octanol–water partition coefficient (Wildman–Crippen LogP) is 3.41. The summed E-state index contributed by atoms with van der Waals surface area (Å²) in [5, 5.41) is 6.01. The maximum Gasteiger partial charge on any atom is 0.221 e. The Morgan fingerprint density at radius 3 is 2.74 bits per heavy atom. The van der Waals surface area contributed by atoms with Gasteiger partial charge in [0.15, 0.2) is 0 Å². The molecule has 0 unspecified atom stereocenters. The van der Waals surface area contributed by atoms with Gasteiger partial charge in [-0.15, -0.1) is 0 Å². The number of hydrogen-bond donors (Lipinski definition) is 2. The van der Waals surface area contributed by atoms with Crippen LogP contribution in [0.3, 0.4) is 0 Å². The van der Waals surface area contributed by atoms with Gasteiger partial charge in [0.25, 0.3) is 0 Å². The summed E-state index contributed by atoms with van der Waals surface area (Å²) in [6, 6.07) is 11.5. The molecule has 5 heteroatoms. The van der Waals surface area contributed by atoms with Gasteiger partial charge >= 0.3 is 0 Å². The molecule has 0 aliphatic rings. The van der Waals surface area contributed by atoms with E-state index in [4.69, 9.17) is 0 Å². The zero-order valence-electron chi connectivity index (χ0n) is 10.5. The fraction of sp³-hybridized carbons (Fsp3) is 0.143. The van der Waals surface area contributed by atoms with Crippen LogP contribution in [0.1, 0.15) is 12.6 Å². The first-order valence-electron chi connectivity index (χ1n) is 5.85. The van der Waals surface area contributed by atoms with Gasteiger partial charge in [-0.25, -0.2) is 0 Å². The molecule has 1 aromatic carbocycles. The minimum atomic E-state index is -0.0771. The first kappa shape index (κ1) is 13.5. The zero-order valence-corrected chi connectivity index (χ0v) is 12.1. The Morgan fingerprint density at radius 2 is 2.05 bits per heavy atom. The number of aromatic nitrogens is 1. The van der Waals surface area contributed by atoms with Crippen molar-refractivity contribution < 1.29 is 4.79 Å². The number of carbonyl (C=O) groups excluding carboxylic acids is 1. The maximum absolute atomic E-state index is 11.0. The van der Waals surface area contributed by atoms with Gasteiger partial charge in [0.2, 0.25) is 5.91 Å². The molecule has 0 saturated heterocycles. The Hall–Kier alpha value is -1.88. The molecule has 0 aliphatic carbocycles. The molecule has 1 aromatic heterocycles. The molecule has 2 N–H and O–H groups in total. The number of halogens is 1. The molecule has 2 rings (SSSR count). The standard InChI is InChI=1S/C14H14BrN3O/c1-10(19)18-13-4-2-3-12(7-13)17-9-14-6-5-11(15)8-16-14/h2-8,17H,9H2,1H3,(H,18,19). The number of benzene rings is 1. The smallest absolute Gasteiger partial charge is 0.221 e. The molecule has 19 heavy (non-hydrogen) atoms. The normalized spacial score (nSPS) is 10.0. The van der Waals surface area contributed by atoms with Gasteiger partial charge in [-0.3, -0.25) is 9.78 Å². The first-order valence-corrected chi connectivity index (χ1v) is 6.65. The monoisotopic (exact) mass is 319 g/mol. The molecule has 0 aliphatic heterocycles. The summed E-state index contributed by atoms with van der Waals surface area (Å²) in [6.45, 7) is 2.13. The molecule has 0 radical (unpaired) electrons. The Morgan fingerprint density at radius 1 is 1.26 bits per heavy atom. The number of anilines is 2. The summed E-state index contributed by atoms with van der Waals surface area (Å²) in [5.74, 6) is -0.0771. The summed E-state index contributed by atoms with van der Waals surface area (Å²) in [4.78, 5) is 15.3. The lowest BCUT2D eigenvalue weighted by Gasteiger charge is -2.08. The van der Waals surface area contributed by atoms with Crippen LogP contribution in [0.25, 0.3) is 0 Å². The van der Waals surface area contributed by atoms with Crippen molar-refractivity contribution in [3.8, 4) is 0 Å². The van der Waals surface area contributed by atoms with Gasteiger partial charge in [0.1, 0.15) is 0 Å². The van der Waals surface area contributed by atoms with Crippen LogP contribution in [0.5, 0.6) is 0 Å². The number of amides is 1. The number of nitrogens with zero attached hydrogens (tertiary/aromatic N) is 1. The summed E-state index contributed by atoms with van der Waals surface area (Å²) in [5.41, 5.74) is 2.67. The SMILES string of the molecule is CC(=O)Nc1cccc(NCc2ccc(Br)cn2)c1. The van der Waals surface area contributed by atoms with Gasteiger partial charge in [0, 0.05) is 29.0 Å². The Bertz CT molecular complexity index is 569. The van der Waals surface area contributed by atoms with E-state index in [1.165, 1.54) is 6.92 Å². The highest BCUT2D eigenvalue weighted by atomic mass is 79.9. The summed E-state index contributed by atoms with van der Waals surface area (Å²) < 4.78 is 0.962. The van der Waals surface area contributed by atoms with Gasteiger partial charge in [-0.1, -0.05) is 6.07 Å². The first-order chi connectivity index (χ1) is 9.13. The molecule has 4 nitrogen and oxygen atoms in total. The van der Waals surface area contributed by atoms with Crippen LogP contribution in [-0.2, 0) is 11.3 Å². The Balaban J connectivity index is 1.99. The highest BCUT2D eigenvalue weighted by molar-refractivity contribution is 9.10. The van der Waals surface area contributed by atoms with E-state index >= 15 is 0 Å². The van der Waals surface area contributed by atoms with Crippen LogP contribution >= 0.6 is 15.9 Å². The number of hydrogen-bond acceptors (Lipinski definition) is 3. The van der Waals surface area contributed by atoms with E-state index < -0.39 is 0 Å². The van der Waals surface area contributed by atoms with Crippen LogP contribution in [0, 0.1) is 0 Å². The molecular weight excluding hydrogens is 306 g/mol. The van der Waals surface area contributed by atoms with Crippen molar-refractivity contribution in [3.63, 3.8) is 0 Å². The van der Waals surface area contributed by atoms with Crippen LogP contribution in [0.2, 0.25) is 0 Å². The molecule has 0 bridgehead atoms. The average molecular weight is 320 g/mol. The second kappa shape index (κ2) is 6.33. The molecule has 1 amide bonds. The van der Waals surface area contributed by atoms with Crippen molar-refractivity contribution >= 4 is 33.2 Å². The van der Waals surface area contributed by atoms with E-state index in [2.05, 4.69) is 31.5 Å². The van der Waals surface area contributed by atoms with Crippen LogP contribution in [0.15, 0.2) is 47.1 Å². The lowest BCUT2D eigenvalue weighted by Crippen LogP contribution is -2.06. The second-order valence-corrected chi connectivity index (χ2v) is 5.00. The molecule has 98 valence electrons.